The van der Waals surface area contributed by atoms with Crippen LogP contribution in [-0.4, -0.2) is 38.7 Å². The maximum absolute atomic E-state index is 13.2. The summed E-state index contributed by atoms with van der Waals surface area (Å²) in [6.45, 7) is 2.62. The number of thiophene rings is 1. The van der Waals surface area contributed by atoms with Crippen molar-refractivity contribution in [2.75, 3.05) is 31.6 Å². The normalized spacial score (nSPS) is 15.4. The van der Waals surface area contributed by atoms with Gasteiger partial charge in [0.25, 0.3) is 0 Å². The first-order valence-electron chi connectivity index (χ1n) is 8.84. The summed E-state index contributed by atoms with van der Waals surface area (Å²) in [5.74, 6) is -0.350. The summed E-state index contributed by atoms with van der Waals surface area (Å²) >= 11 is 1.78. The van der Waals surface area contributed by atoms with E-state index in [0.717, 1.165) is 38.0 Å². The van der Waals surface area contributed by atoms with Gasteiger partial charge in [-0.15, -0.1) is 35.3 Å². The first kappa shape index (κ1) is 21.9. The molecule has 3 rings (SSSR count). The van der Waals surface area contributed by atoms with Crippen molar-refractivity contribution in [3.63, 3.8) is 0 Å². The SMILES string of the molecule is CN=C(NCCc1cc(F)cc(F)c1)NC1CCN(c2cccs2)CC1.I. The quantitative estimate of drug-likeness (QED) is 0.366. The minimum Gasteiger partial charge on any atom is -0.363 e. The van der Waals surface area contributed by atoms with Crippen molar-refractivity contribution >= 4 is 46.3 Å². The molecule has 2 heterocycles. The van der Waals surface area contributed by atoms with Gasteiger partial charge in [-0.1, -0.05) is 0 Å². The topological polar surface area (TPSA) is 39.7 Å². The molecule has 0 saturated carbocycles. The molecule has 148 valence electrons. The van der Waals surface area contributed by atoms with E-state index in [9.17, 15) is 8.78 Å². The minimum absolute atomic E-state index is 0. The van der Waals surface area contributed by atoms with Crippen LogP contribution in [0.15, 0.2) is 40.7 Å². The average molecular weight is 506 g/mol. The highest BCUT2D eigenvalue weighted by atomic mass is 127. The Kier molecular flexibility index (Phi) is 8.75. The van der Waals surface area contributed by atoms with Crippen LogP contribution in [0, 0.1) is 11.6 Å². The molecule has 0 spiro atoms. The van der Waals surface area contributed by atoms with Gasteiger partial charge in [0.2, 0.25) is 0 Å². The number of halogens is 3. The van der Waals surface area contributed by atoms with E-state index in [0.29, 0.717) is 24.6 Å². The molecule has 0 bridgehead atoms. The number of piperidine rings is 1. The van der Waals surface area contributed by atoms with Gasteiger partial charge in [0, 0.05) is 38.8 Å². The Bertz CT molecular complexity index is 711. The summed E-state index contributed by atoms with van der Waals surface area (Å²) in [7, 11) is 1.73. The Morgan fingerprint density at radius 1 is 1.22 bits per heavy atom. The Balaban J connectivity index is 0.00000261. The minimum atomic E-state index is -0.542. The molecule has 8 heteroatoms. The van der Waals surface area contributed by atoms with E-state index >= 15 is 0 Å². The second kappa shape index (κ2) is 10.8. The standard InChI is InChI=1S/C19H24F2N4S.HI/c1-22-19(23-7-4-14-11-15(20)13-16(21)12-14)24-17-5-8-25(9-6-17)18-3-2-10-26-18;/h2-3,10-13,17H,4-9H2,1H3,(H2,22,23,24);1H. The number of anilines is 1. The van der Waals surface area contributed by atoms with Gasteiger partial charge in [-0.2, -0.15) is 0 Å². The fraction of sp³-hybridized carbons (Fsp3) is 0.421. The zero-order valence-corrected chi connectivity index (χ0v) is 18.4. The molecule has 0 unspecified atom stereocenters. The van der Waals surface area contributed by atoms with Gasteiger partial charge in [-0.3, -0.25) is 4.99 Å². The molecule has 1 saturated heterocycles. The van der Waals surface area contributed by atoms with Gasteiger partial charge in [0.15, 0.2) is 5.96 Å². The molecule has 1 aromatic heterocycles. The smallest absolute Gasteiger partial charge is 0.191 e. The average Bonchev–Trinajstić information content (AvgIpc) is 3.15. The van der Waals surface area contributed by atoms with Gasteiger partial charge in [-0.25, -0.2) is 8.78 Å². The predicted octanol–water partition coefficient (Wildman–Crippen LogP) is 4.02. The lowest BCUT2D eigenvalue weighted by Crippen LogP contribution is -2.49. The van der Waals surface area contributed by atoms with Crippen LogP contribution in [0.3, 0.4) is 0 Å². The lowest BCUT2D eigenvalue weighted by molar-refractivity contribution is 0.463. The van der Waals surface area contributed by atoms with Crippen LogP contribution in [-0.2, 0) is 6.42 Å². The summed E-state index contributed by atoms with van der Waals surface area (Å²) < 4.78 is 26.4. The molecule has 1 fully saturated rings. The number of nitrogens with one attached hydrogen (secondary N) is 2. The Morgan fingerprint density at radius 2 is 1.93 bits per heavy atom. The van der Waals surface area contributed by atoms with E-state index in [-0.39, 0.29) is 24.0 Å². The summed E-state index contributed by atoms with van der Waals surface area (Å²) in [6, 6.07) is 8.24. The fourth-order valence-electron chi connectivity index (χ4n) is 3.16. The van der Waals surface area contributed by atoms with Crippen molar-refractivity contribution in [3.8, 4) is 0 Å². The van der Waals surface area contributed by atoms with Crippen LogP contribution in [0.5, 0.6) is 0 Å². The second-order valence-electron chi connectivity index (χ2n) is 6.38. The second-order valence-corrected chi connectivity index (χ2v) is 7.31. The number of aliphatic imine (C=N–C) groups is 1. The Morgan fingerprint density at radius 3 is 2.52 bits per heavy atom. The monoisotopic (exact) mass is 506 g/mol. The highest BCUT2D eigenvalue weighted by molar-refractivity contribution is 14.0. The number of hydrogen-bond donors (Lipinski definition) is 2. The molecule has 1 aliphatic heterocycles. The zero-order chi connectivity index (χ0) is 18.4. The molecule has 0 amide bonds. The molecular formula is C19H25F2IN4S. The number of rotatable bonds is 5. The number of guanidine groups is 1. The molecule has 0 radical (unpaired) electrons. The van der Waals surface area contributed by atoms with E-state index < -0.39 is 11.6 Å². The molecule has 4 nitrogen and oxygen atoms in total. The maximum Gasteiger partial charge on any atom is 0.191 e. The van der Waals surface area contributed by atoms with E-state index in [2.05, 4.69) is 38.0 Å². The first-order valence-corrected chi connectivity index (χ1v) is 9.72. The molecule has 0 atom stereocenters. The van der Waals surface area contributed by atoms with Crippen LogP contribution in [0.4, 0.5) is 13.8 Å². The Hall–Kier alpha value is -1.42. The van der Waals surface area contributed by atoms with E-state index in [1.54, 1.807) is 18.4 Å². The molecular weight excluding hydrogens is 481 g/mol. The van der Waals surface area contributed by atoms with Crippen molar-refractivity contribution in [2.45, 2.75) is 25.3 Å². The van der Waals surface area contributed by atoms with Crippen LogP contribution in [0.25, 0.3) is 0 Å². The lowest BCUT2D eigenvalue weighted by Gasteiger charge is -2.33. The van der Waals surface area contributed by atoms with Crippen molar-refractivity contribution in [2.24, 2.45) is 4.99 Å². The lowest BCUT2D eigenvalue weighted by atomic mass is 10.1. The number of benzene rings is 1. The van der Waals surface area contributed by atoms with Crippen LogP contribution in [0.1, 0.15) is 18.4 Å². The van der Waals surface area contributed by atoms with Crippen molar-refractivity contribution in [3.05, 3.63) is 52.9 Å². The third-order valence-electron chi connectivity index (χ3n) is 4.51. The molecule has 2 aromatic rings. The molecule has 1 aromatic carbocycles. The van der Waals surface area contributed by atoms with Crippen molar-refractivity contribution in [1.29, 1.82) is 0 Å². The number of hydrogen-bond acceptors (Lipinski definition) is 3. The maximum atomic E-state index is 13.2. The van der Waals surface area contributed by atoms with E-state index in [4.69, 9.17) is 0 Å². The largest absolute Gasteiger partial charge is 0.363 e. The van der Waals surface area contributed by atoms with Crippen LogP contribution >= 0.6 is 35.3 Å². The summed E-state index contributed by atoms with van der Waals surface area (Å²) in [5, 5.41) is 10.1. The zero-order valence-electron chi connectivity index (χ0n) is 15.3. The molecule has 2 N–H and O–H groups in total. The summed E-state index contributed by atoms with van der Waals surface area (Å²) in [6.07, 6.45) is 2.63. The Labute approximate surface area is 180 Å². The third-order valence-corrected chi connectivity index (χ3v) is 5.43. The third kappa shape index (κ3) is 6.60. The van der Waals surface area contributed by atoms with Crippen molar-refractivity contribution in [1.82, 2.24) is 10.6 Å². The van der Waals surface area contributed by atoms with Gasteiger partial charge in [-0.05, 0) is 54.5 Å². The van der Waals surface area contributed by atoms with Crippen molar-refractivity contribution < 1.29 is 8.78 Å². The van der Waals surface area contributed by atoms with Gasteiger partial charge in [0.1, 0.15) is 11.6 Å². The van der Waals surface area contributed by atoms with Gasteiger partial charge >= 0.3 is 0 Å². The van der Waals surface area contributed by atoms with Crippen LogP contribution < -0.4 is 15.5 Å². The fourth-order valence-corrected chi connectivity index (χ4v) is 3.95. The highest BCUT2D eigenvalue weighted by Gasteiger charge is 2.20. The number of nitrogens with zero attached hydrogens (tertiary/aromatic N) is 2. The van der Waals surface area contributed by atoms with E-state index in [1.807, 2.05) is 0 Å². The predicted molar refractivity (Wildman–Crippen MR) is 120 cm³/mol. The van der Waals surface area contributed by atoms with Gasteiger partial charge < -0.3 is 15.5 Å². The molecule has 27 heavy (non-hydrogen) atoms. The van der Waals surface area contributed by atoms with E-state index in [1.165, 1.54) is 17.1 Å². The summed E-state index contributed by atoms with van der Waals surface area (Å²) in [5.41, 5.74) is 0.634. The molecule has 1 aliphatic rings. The first-order chi connectivity index (χ1) is 12.6. The summed E-state index contributed by atoms with van der Waals surface area (Å²) in [4.78, 5) is 6.67. The van der Waals surface area contributed by atoms with Crippen LogP contribution in [0.2, 0.25) is 0 Å². The van der Waals surface area contributed by atoms with Gasteiger partial charge in [0.05, 0.1) is 5.00 Å². The molecule has 0 aliphatic carbocycles. The highest BCUT2D eigenvalue weighted by Crippen LogP contribution is 2.24.